The minimum absolute atomic E-state index is 0.162. The number of aromatic nitrogens is 2. The van der Waals surface area contributed by atoms with Gasteiger partial charge in [0.05, 0.1) is 13.2 Å². The van der Waals surface area contributed by atoms with Gasteiger partial charge in [-0.2, -0.15) is 0 Å². The molecule has 0 fully saturated rings. The highest BCUT2D eigenvalue weighted by molar-refractivity contribution is 7.49. The third kappa shape index (κ3) is 7.42. The molecule has 4 aromatic carbocycles. The van der Waals surface area contributed by atoms with E-state index < -0.39 is 22.7 Å². The van der Waals surface area contributed by atoms with E-state index in [4.69, 9.17) is 55.4 Å². The lowest BCUT2D eigenvalue weighted by molar-refractivity contribution is 0.149. The Morgan fingerprint density at radius 2 is 0.871 bits per heavy atom. The van der Waals surface area contributed by atoms with Gasteiger partial charge in [-0.1, -0.05) is 123 Å². The topological polar surface area (TPSA) is 129 Å². The van der Waals surface area contributed by atoms with Gasteiger partial charge < -0.3 is 10.7 Å². The smallest absolute Gasteiger partial charge is 0.373 e. The summed E-state index contributed by atoms with van der Waals surface area (Å²) < 4.78 is 39.5. The number of hydrogen-bond acceptors (Lipinski definition) is 10. The highest BCUT2D eigenvalue weighted by atomic mass is 31.2. The van der Waals surface area contributed by atoms with Crippen LogP contribution in [0.1, 0.15) is 86.5 Å². The van der Waals surface area contributed by atoms with E-state index in [1.807, 2.05) is 104 Å². The molecule has 6 heterocycles. The quantitative estimate of drug-likeness (QED) is 0.0416. The molecule has 0 saturated heterocycles. The average Bonchev–Trinajstić information content (AvgIpc) is 4.01. The normalized spacial score (nSPS) is 14.5. The maximum absolute atomic E-state index is 15.6. The molecule has 0 saturated carbocycles. The summed E-state index contributed by atoms with van der Waals surface area (Å²) in [6.45, 7) is 0.323. The van der Waals surface area contributed by atoms with E-state index in [1.54, 1.807) is 0 Å². The number of nitrogens with zero attached hydrogens (tertiary/aromatic N) is 8. The van der Waals surface area contributed by atoms with Gasteiger partial charge in [0.2, 0.25) is 0 Å². The minimum Gasteiger partial charge on any atom is -0.373 e. The summed E-state index contributed by atoms with van der Waals surface area (Å²) in [7, 11) is -4.35. The lowest BCUT2D eigenvalue weighted by Crippen LogP contribution is -2.48. The molecule has 4 aliphatic rings. The Kier molecular flexibility index (Phi) is 11.3. The molecule has 14 heteroatoms. The maximum Gasteiger partial charge on any atom is 0.818 e. The molecule has 6 aromatic rings. The zero-order valence-electron chi connectivity index (χ0n) is 34.1. The number of hydrogen-bond donors (Lipinski definition) is 0. The Bertz CT molecular complexity index is 2970. The highest BCUT2D eigenvalue weighted by Crippen LogP contribution is 2.52. The average molecular weight is 853 g/mol. The Hall–Kier alpha value is -6.00. The molecule has 10 rings (SSSR count). The molecular formula is C48H42AlN8O4P. The zero-order chi connectivity index (χ0) is 42.0. The van der Waals surface area contributed by atoms with E-state index in [9.17, 15) is 0 Å². The highest BCUT2D eigenvalue weighted by Gasteiger charge is 2.48. The molecule has 0 atom stereocenters. The zero-order valence-corrected chi connectivity index (χ0v) is 36.2. The van der Waals surface area contributed by atoms with Gasteiger partial charge in [0.25, 0.3) is 0 Å². The third-order valence-corrected chi connectivity index (χ3v) is 16.1. The number of phosphoric acid groups is 1. The third-order valence-electron chi connectivity index (χ3n) is 11.4. The Morgan fingerprint density at radius 1 is 0.484 bits per heavy atom. The Balaban J connectivity index is 1.24. The molecular weight excluding hydrogens is 811 g/mol. The predicted octanol–water partition coefficient (Wildman–Crippen LogP) is 9.25. The largest absolute Gasteiger partial charge is 0.818 e. The first-order chi connectivity index (χ1) is 30.5. The molecule has 306 valence electrons. The van der Waals surface area contributed by atoms with Crippen LogP contribution in [-0.4, -0.2) is 58.6 Å². The van der Waals surface area contributed by atoms with E-state index in [0.717, 1.165) is 82.3 Å². The van der Waals surface area contributed by atoms with Crippen LogP contribution in [-0.2, 0) is 17.2 Å². The predicted molar refractivity (Wildman–Crippen MR) is 246 cm³/mol. The van der Waals surface area contributed by atoms with Crippen LogP contribution < -0.4 is 11.0 Å². The second-order valence-corrected chi connectivity index (χ2v) is 19.4. The molecule has 0 amide bonds. The number of unbranched alkanes of at least 4 members (excludes halogenated alkanes) is 8. The molecule has 12 nitrogen and oxygen atoms in total. The SMILES string of the molecule is C#CCCCCCCOP(=O)(OCCCCCCC#C)[O][Al]1[n]2c3c4ccccc4c2N=C2N=C(N=c4c5ccccc5c([n]41)=NC1=NC(=N3)c3ccccc31)c1ccccc12. The monoisotopic (exact) mass is 852 g/mol. The molecule has 0 unspecified atom stereocenters. The van der Waals surface area contributed by atoms with Crippen molar-refractivity contribution in [3.63, 3.8) is 0 Å². The molecule has 4 aliphatic heterocycles. The lowest BCUT2D eigenvalue weighted by Gasteiger charge is -2.24. The lowest BCUT2D eigenvalue weighted by atomic mass is 10.1. The fraction of sp³-hybridized carbons (Fsp3) is 0.250. The fourth-order valence-electron chi connectivity index (χ4n) is 8.41. The minimum atomic E-state index is -4.35. The summed E-state index contributed by atoms with van der Waals surface area (Å²) in [5, 5.41) is 3.23. The van der Waals surface area contributed by atoms with Gasteiger partial charge in [-0.25, -0.2) is 34.5 Å². The summed E-state index contributed by atoms with van der Waals surface area (Å²) in [6, 6.07) is 31.9. The van der Waals surface area contributed by atoms with Crippen LogP contribution in [0.4, 0.5) is 11.6 Å². The number of terminal acetylenes is 2. The van der Waals surface area contributed by atoms with E-state index in [0.29, 0.717) is 71.6 Å². The summed E-state index contributed by atoms with van der Waals surface area (Å²) in [5.41, 5.74) is 4.44. The van der Waals surface area contributed by atoms with Crippen LogP contribution in [0.25, 0.3) is 21.5 Å². The summed E-state index contributed by atoms with van der Waals surface area (Å²) in [5.74, 6) is 8.46. The summed E-state index contributed by atoms with van der Waals surface area (Å²) in [6.07, 6.45) is 19.1. The van der Waals surface area contributed by atoms with Gasteiger partial charge in [0, 0.05) is 56.6 Å². The van der Waals surface area contributed by atoms with Gasteiger partial charge >= 0.3 is 22.7 Å². The van der Waals surface area contributed by atoms with E-state index in [-0.39, 0.29) is 13.2 Å². The fourth-order valence-corrected chi connectivity index (χ4v) is 13.2. The van der Waals surface area contributed by atoms with Gasteiger partial charge in [-0.05, 0) is 25.7 Å². The van der Waals surface area contributed by atoms with Crippen molar-refractivity contribution in [1.82, 2.24) is 7.10 Å². The second-order valence-electron chi connectivity index (χ2n) is 15.5. The van der Waals surface area contributed by atoms with Crippen LogP contribution in [0.15, 0.2) is 127 Å². The van der Waals surface area contributed by atoms with Gasteiger partial charge in [0.1, 0.15) is 22.6 Å². The molecule has 62 heavy (non-hydrogen) atoms. The van der Waals surface area contributed by atoms with E-state index >= 15 is 4.57 Å². The van der Waals surface area contributed by atoms with Crippen LogP contribution in [0.3, 0.4) is 0 Å². The van der Waals surface area contributed by atoms with Crippen LogP contribution in [0, 0.1) is 24.7 Å². The maximum atomic E-state index is 15.6. The van der Waals surface area contributed by atoms with Crippen molar-refractivity contribution in [2.24, 2.45) is 30.0 Å². The number of amidine groups is 4. The second kappa shape index (κ2) is 17.4. The molecule has 6 bridgehead atoms. The van der Waals surface area contributed by atoms with Gasteiger partial charge in [0.15, 0.2) is 23.3 Å². The first-order valence-corrected chi connectivity index (χ1v) is 24.2. The molecule has 0 radical (unpaired) electrons. The van der Waals surface area contributed by atoms with Crippen molar-refractivity contribution in [2.45, 2.75) is 64.2 Å². The molecule has 0 N–H and O–H groups in total. The summed E-state index contributed by atoms with van der Waals surface area (Å²) in [4.78, 5) is 31.7. The van der Waals surface area contributed by atoms with Crippen molar-refractivity contribution < 1.29 is 17.2 Å². The number of fused-ring (bicyclic) bond motifs is 14. The number of phosphoric ester groups is 1. The Labute approximate surface area is 364 Å². The first-order valence-electron chi connectivity index (χ1n) is 21.2. The van der Waals surface area contributed by atoms with E-state index in [2.05, 4.69) is 11.8 Å². The van der Waals surface area contributed by atoms with Crippen LogP contribution >= 0.6 is 7.82 Å². The van der Waals surface area contributed by atoms with E-state index in [1.165, 1.54) is 0 Å². The summed E-state index contributed by atoms with van der Waals surface area (Å²) >= 11 is -3.55. The van der Waals surface area contributed by atoms with Gasteiger partial charge in [-0.15, -0.1) is 24.7 Å². The molecule has 0 aliphatic carbocycles. The van der Waals surface area contributed by atoms with Crippen molar-refractivity contribution in [1.29, 1.82) is 0 Å². The van der Waals surface area contributed by atoms with Gasteiger partial charge in [-0.3, -0.25) is 9.05 Å². The molecule has 0 spiro atoms. The number of rotatable bonds is 16. The van der Waals surface area contributed by atoms with Crippen molar-refractivity contribution in [2.75, 3.05) is 13.2 Å². The van der Waals surface area contributed by atoms with Crippen molar-refractivity contribution >= 4 is 79.3 Å². The molecule has 2 aromatic heterocycles. The van der Waals surface area contributed by atoms with Crippen LogP contribution in [0.5, 0.6) is 0 Å². The number of aliphatic imine (C=N–C) groups is 4. The van der Waals surface area contributed by atoms with Crippen LogP contribution in [0.2, 0.25) is 0 Å². The standard InChI is InChI=1S/C32H16N8.C16H27O4P.Al/c1-2-10-18-17(9-1)25-33-26(18)38-28-21-13-5-6-14-22(21)30(35-28)40-32-24-16-8-7-15-23(24)31(36-32)39-29-20-12-4-3-11-19(20)27(34-29)37-25;1-3-5-7-9-11-13-15-19-21(17,18)20-16-14-12-10-8-6-4-2;/h1-16H;1-2H,5-16H2,(H,17,18);/q-2;;+3/p-1. The number of benzene rings is 4. The Morgan fingerprint density at radius 3 is 1.31 bits per heavy atom. The van der Waals surface area contributed by atoms with Crippen molar-refractivity contribution in [3.8, 4) is 24.7 Å². The first kappa shape index (κ1) is 40.1. The van der Waals surface area contributed by atoms with Crippen molar-refractivity contribution in [3.05, 3.63) is 130 Å².